The maximum atomic E-state index is 12.4. The van der Waals surface area contributed by atoms with Crippen molar-refractivity contribution in [3.05, 3.63) is 24.1 Å². The summed E-state index contributed by atoms with van der Waals surface area (Å²) in [7, 11) is 0. The van der Waals surface area contributed by atoms with Crippen LogP contribution >= 0.6 is 0 Å². The molecule has 0 unspecified atom stereocenters. The summed E-state index contributed by atoms with van der Waals surface area (Å²) >= 11 is 0. The number of anilines is 1. The first-order chi connectivity index (χ1) is 12.2. The third-order valence-electron chi connectivity index (χ3n) is 3.26. The highest BCUT2D eigenvalue weighted by Crippen LogP contribution is 2.31. The lowest BCUT2D eigenvalue weighted by Gasteiger charge is -2.17. The summed E-state index contributed by atoms with van der Waals surface area (Å²) in [4.78, 5) is 32.0. The zero-order valence-corrected chi connectivity index (χ0v) is 14.8. The molecule has 0 atom stereocenters. The van der Waals surface area contributed by atoms with E-state index in [0.717, 1.165) is 0 Å². The number of hydrogen-bond donors (Lipinski definition) is 1. The number of benzene rings is 1. The summed E-state index contributed by atoms with van der Waals surface area (Å²) in [6, 6.07) is 5.08. The van der Waals surface area contributed by atoms with Gasteiger partial charge in [-0.2, -0.15) is 9.98 Å². The Kier molecular flexibility index (Phi) is 4.45. The molecular formula is C17H18N4O5. The van der Waals surface area contributed by atoms with Crippen molar-refractivity contribution in [2.75, 3.05) is 11.9 Å². The van der Waals surface area contributed by atoms with Crippen LogP contribution in [-0.4, -0.2) is 40.1 Å². The number of nitrogens with zero attached hydrogens (tertiary/aromatic N) is 3. The van der Waals surface area contributed by atoms with E-state index in [4.69, 9.17) is 14.0 Å². The highest BCUT2D eigenvalue weighted by molar-refractivity contribution is 6.45. The van der Waals surface area contributed by atoms with E-state index in [1.807, 2.05) is 0 Å². The second-order valence-corrected chi connectivity index (χ2v) is 6.63. The molecule has 0 radical (unpaired) electrons. The highest BCUT2D eigenvalue weighted by atomic mass is 16.6. The van der Waals surface area contributed by atoms with E-state index in [-0.39, 0.29) is 12.3 Å². The second kappa shape index (κ2) is 6.58. The van der Waals surface area contributed by atoms with Crippen molar-refractivity contribution in [2.45, 2.75) is 33.3 Å². The van der Waals surface area contributed by atoms with Gasteiger partial charge in [0.1, 0.15) is 18.0 Å². The number of rotatable bonds is 1. The number of nitrogens with one attached hydrogen (secondary N) is 1. The summed E-state index contributed by atoms with van der Waals surface area (Å²) in [5.74, 6) is 0.723. The van der Waals surface area contributed by atoms with Crippen molar-refractivity contribution in [1.82, 2.24) is 10.1 Å². The second-order valence-electron chi connectivity index (χ2n) is 6.63. The van der Waals surface area contributed by atoms with Gasteiger partial charge in [0.25, 0.3) is 5.91 Å². The number of hydrogen-bond acceptors (Lipinski definition) is 7. The van der Waals surface area contributed by atoms with Crippen LogP contribution in [0.1, 0.15) is 26.7 Å². The van der Waals surface area contributed by atoms with Gasteiger partial charge in [0.15, 0.2) is 5.71 Å². The van der Waals surface area contributed by atoms with Crippen LogP contribution in [0.4, 0.5) is 10.5 Å². The molecule has 0 bridgehead atoms. The first-order valence-corrected chi connectivity index (χ1v) is 7.91. The van der Waals surface area contributed by atoms with E-state index in [0.29, 0.717) is 28.7 Å². The molecule has 2 aromatic rings. The van der Waals surface area contributed by atoms with Gasteiger partial charge in [0, 0.05) is 12.5 Å². The Bertz CT molecular complexity index is 895. The molecule has 0 saturated heterocycles. The number of ether oxygens (including phenoxy) is 2. The number of aliphatic imine (C=N–C) groups is 1. The zero-order chi connectivity index (χ0) is 18.9. The van der Waals surface area contributed by atoms with Crippen LogP contribution in [0.2, 0.25) is 0 Å². The molecule has 1 aromatic carbocycles. The summed E-state index contributed by atoms with van der Waals surface area (Å²) < 4.78 is 15.6. The molecule has 1 aromatic heterocycles. The smallest absolute Gasteiger partial charge is 0.434 e. The Morgan fingerprint density at radius 2 is 2.12 bits per heavy atom. The highest BCUT2D eigenvalue weighted by Gasteiger charge is 2.24. The maximum absolute atomic E-state index is 12.4. The molecule has 1 aliphatic rings. The summed E-state index contributed by atoms with van der Waals surface area (Å²) in [5, 5.41) is 6.51. The molecule has 9 nitrogen and oxygen atoms in total. The minimum absolute atomic E-state index is 0.0765. The van der Waals surface area contributed by atoms with E-state index < -0.39 is 17.6 Å². The number of amides is 2. The Labute approximate surface area is 149 Å². The fourth-order valence-corrected chi connectivity index (χ4v) is 2.19. The minimum Gasteiger partial charge on any atom is -0.485 e. The molecule has 0 fully saturated rings. The fraction of sp³-hybridized carbons (Fsp3) is 0.353. The van der Waals surface area contributed by atoms with Crippen molar-refractivity contribution >= 4 is 23.4 Å². The van der Waals surface area contributed by atoms with E-state index in [1.54, 1.807) is 45.9 Å². The molecule has 0 spiro atoms. The van der Waals surface area contributed by atoms with Crippen LogP contribution in [0.15, 0.2) is 27.7 Å². The maximum Gasteiger partial charge on any atom is 0.434 e. The number of fused-ring (bicyclic) bond motifs is 1. The largest absolute Gasteiger partial charge is 0.485 e. The Hall–Kier alpha value is -3.23. The predicted molar refractivity (Wildman–Crippen MR) is 92.3 cm³/mol. The number of carbonyl (C=O) groups is 2. The van der Waals surface area contributed by atoms with E-state index in [2.05, 4.69) is 20.4 Å². The van der Waals surface area contributed by atoms with Gasteiger partial charge in [-0.25, -0.2) is 4.79 Å². The normalized spacial score (nSPS) is 15.7. The van der Waals surface area contributed by atoms with Gasteiger partial charge in [-0.1, -0.05) is 5.16 Å². The molecule has 3 rings (SSSR count). The lowest BCUT2D eigenvalue weighted by Crippen LogP contribution is -2.28. The van der Waals surface area contributed by atoms with Crippen molar-refractivity contribution < 1.29 is 23.6 Å². The quantitative estimate of drug-likeness (QED) is 0.833. The van der Waals surface area contributed by atoms with Gasteiger partial charge >= 0.3 is 6.09 Å². The first-order valence-electron chi connectivity index (χ1n) is 7.91. The Morgan fingerprint density at radius 1 is 1.35 bits per heavy atom. The molecule has 9 heteroatoms. The molecule has 0 aliphatic carbocycles. The first kappa shape index (κ1) is 17.6. The fourth-order valence-electron chi connectivity index (χ4n) is 2.19. The third-order valence-corrected chi connectivity index (χ3v) is 3.26. The molecule has 2 heterocycles. The SMILES string of the molecule is Cc1nc(-c2ccc3c(c2)NC(=O)C(=NC(=O)OC(C)(C)C)CO3)no1. The van der Waals surface area contributed by atoms with Gasteiger partial charge in [-0.05, 0) is 39.0 Å². The number of aromatic nitrogens is 2. The van der Waals surface area contributed by atoms with Gasteiger partial charge in [-0.15, -0.1) is 0 Å². The lowest BCUT2D eigenvalue weighted by molar-refractivity contribution is -0.110. The van der Waals surface area contributed by atoms with E-state index >= 15 is 0 Å². The number of carbonyl (C=O) groups excluding carboxylic acids is 2. The van der Waals surface area contributed by atoms with Gasteiger partial charge in [0.05, 0.1) is 5.69 Å². The van der Waals surface area contributed by atoms with Gasteiger partial charge < -0.3 is 19.3 Å². The molecule has 1 aliphatic heterocycles. The van der Waals surface area contributed by atoms with Crippen LogP contribution in [0.5, 0.6) is 5.75 Å². The molecule has 136 valence electrons. The van der Waals surface area contributed by atoms with Crippen molar-refractivity contribution in [3.8, 4) is 17.1 Å². The Balaban J connectivity index is 1.83. The summed E-state index contributed by atoms with van der Waals surface area (Å²) in [6.45, 7) is 6.67. The molecular weight excluding hydrogens is 340 g/mol. The average molecular weight is 358 g/mol. The standard InChI is InChI=1S/C17H18N4O5/c1-9-18-14(21-26-9)10-5-6-13-11(7-10)19-15(22)12(8-24-13)20-16(23)25-17(2,3)4/h5-7H,8H2,1-4H3,(H,19,22). The van der Waals surface area contributed by atoms with E-state index in [1.165, 1.54) is 0 Å². The van der Waals surface area contributed by atoms with E-state index in [9.17, 15) is 9.59 Å². The number of aryl methyl sites for hydroxylation is 1. The topological polar surface area (TPSA) is 116 Å². The van der Waals surface area contributed by atoms with Crippen LogP contribution in [0, 0.1) is 6.92 Å². The van der Waals surface area contributed by atoms with Crippen LogP contribution in [-0.2, 0) is 9.53 Å². The molecule has 26 heavy (non-hydrogen) atoms. The monoisotopic (exact) mass is 358 g/mol. The Morgan fingerprint density at radius 3 is 2.77 bits per heavy atom. The van der Waals surface area contributed by atoms with Crippen LogP contribution < -0.4 is 10.1 Å². The lowest BCUT2D eigenvalue weighted by atomic mass is 10.1. The third kappa shape index (κ3) is 4.05. The van der Waals surface area contributed by atoms with Crippen molar-refractivity contribution in [1.29, 1.82) is 0 Å². The average Bonchev–Trinajstić information content (AvgIpc) is 2.90. The summed E-state index contributed by atoms with van der Waals surface area (Å²) in [5.41, 5.74) is 0.290. The van der Waals surface area contributed by atoms with Crippen LogP contribution in [0.25, 0.3) is 11.4 Å². The van der Waals surface area contributed by atoms with Gasteiger partial charge in [-0.3, -0.25) is 4.79 Å². The molecule has 0 saturated carbocycles. The zero-order valence-electron chi connectivity index (χ0n) is 14.8. The predicted octanol–water partition coefficient (Wildman–Crippen LogP) is 2.75. The van der Waals surface area contributed by atoms with Crippen molar-refractivity contribution in [3.63, 3.8) is 0 Å². The van der Waals surface area contributed by atoms with Gasteiger partial charge in [0.2, 0.25) is 11.7 Å². The minimum atomic E-state index is -0.847. The molecule has 2 amide bonds. The summed E-state index contributed by atoms with van der Waals surface area (Å²) in [6.07, 6.45) is -0.847. The molecule has 1 N–H and O–H groups in total. The van der Waals surface area contributed by atoms with Crippen molar-refractivity contribution in [2.24, 2.45) is 4.99 Å². The van der Waals surface area contributed by atoms with Crippen LogP contribution in [0.3, 0.4) is 0 Å².